The zero-order valence-corrected chi connectivity index (χ0v) is 21.5. The van der Waals surface area contributed by atoms with Gasteiger partial charge in [0.2, 0.25) is 5.75 Å². The van der Waals surface area contributed by atoms with Gasteiger partial charge in [-0.15, -0.1) is 0 Å². The van der Waals surface area contributed by atoms with E-state index < -0.39 is 8.32 Å². The van der Waals surface area contributed by atoms with Gasteiger partial charge in [0.25, 0.3) is 8.32 Å². The number of allylic oxidation sites excluding steroid dienone is 1. The summed E-state index contributed by atoms with van der Waals surface area (Å²) in [5.41, 5.74) is 1.27. The molecule has 7 heteroatoms. The van der Waals surface area contributed by atoms with Crippen molar-refractivity contribution in [3.8, 4) is 28.7 Å². The molecule has 0 atom stereocenters. The minimum atomic E-state index is -2.10. The molecule has 0 N–H and O–H groups in total. The molecular formula is C25H34O6Si. The monoisotopic (exact) mass is 458 g/mol. The molecule has 0 aliphatic carbocycles. The molecule has 2 aromatic rings. The Balaban J connectivity index is 2.35. The van der Waals surface area contributed by atoms with Gasteiger partial charge in [0.1, 0.15) is 5.75 Å². The normalized spacial score (nSPS) is 11.9. The lowest BCUT2D eigenvalue weighted by molar-refractivity contribution is 0.104. The van der Waals surface area contributed by atoms with Crippen LogP contribution in [-0.4, -0.2) is 42.5 Å². The van der Waals surface area contributed by atoms with E-state index >= 15 is 0 Å². The standard InChI is InChI=1S/C25H34O6Si/c1-25(2,3)32(8,9)31-21-16-18(11-13-20(21)27-4)19(26)12-10-17-14-22(28-5)24(30-7)23(15-17)29-6/h10-16H,1-9H3/b12-10+. The molecule has 0 amide bonds. The molecule has 0 saturated carbocycles. The maximum absolute atomic E-state index is 12.9. The summed E-state index contributed by atoms with van der Waals surface area (Å²) in [7, 11) is 4.15. The van der Waals surface area contributed by atoms with Crippen LogP contribution >= 0.6 is 0 Å². The van der Waals surface area contributed by atoms with Crippen LogP contribution in [0.4, 0.5) is 0 Å². The maximum Gasteiger partial charge on any atom is 0.250 e. The molecule has 0 bridgehead atoms. The van der Waals surface area contributed by atoms with Gasteiger partial charge in [0.05, 0.1) is 28.4 Å². The number of ether oxygens (including phenoxy) is 4. The molecule has 0 saturated heterocycles. The van der Waals surface area contributed by atoms with Crippen molar-refractivity contribution in [3.63, 3.8) is 0 Å². The van der Waals surface area contributed by atoms with Gasteiger partial charge < -0.3 is 23.4 Å². The molecule has 174 valence electrons. The first-order valence-corrected chi connectivity index (χ1v) is 13.3. The van der Waals surface area contributed by atoms with Gasteiger partial charge in [-0.2, -0.15) is 0 Å². The van der Waals surface area contributed by atoms with E-state index in [0.717, 1.165) is 5.56 Å². The van der Waals surface area contributed by atoms with Crippen LogP contribution in [0.25, 0.3) is 6.08 Å². The van der Waals surface area contributed by atoms with Crippen molar-refractivity contribution in [3.05, 3.63) is 47.5 Å². The first-order valence-electron chi connectivity index (χ1n) is 10.4. The summed E-state index contributed by atoms with van der Waals surface area (Å²) >= 11 is 0. The number of rotatable bonds is 9. The molecular weight excluding hydrogens is 424 g/mol. The van der Waals surface area contributed by atoms with E-state index in [9.17, 15) is 4.79 Å². The minimum Gasteiger partial charge on any atom is -0.541 e. The minimum absolute atomic E-state index is 0.0183. The first kappa shape index (κ1) is 25.3. The molecule has 32 heavy (non-hydrogen) atoms. The second kappa shape index (κ2) is 10.1. The third-order valence-corrected chi connectivity index (χ3v) is 10.1. The highest BCUT2D eigenvalue weighted by atomic mass is 28.4. The molecule has 0 spiro atoms. The fourth-order valence-corrected chi connectivity index (χ4v) is 3.82. The molecule has 0 aliphatic heterocycles. The van der Waals surface area contributed by atoms with Crippen molar-refractivity contribution in [2.45, 2.75) is 38.9 Å². The van der Waals surface area contributed by atoms with Crippen LogP contribution < -0.4 is 23.4 Å². The molecule has 6 nitrogen and oxygen atoms in total. The van der Waals surface area contributed by atoms with E-state index in [2.05, 4.69) is 33.9 Å². The Morgan fingerprint density at radius 3 is 1.84 bits per heavy atom. The Morgan fingerprint density at radius 2 is 1.38 bits per heavy atom. The van der Waals surface area contributed by atoms with E-state index in [-0.39, 0.29) is 10.8 Å². The number of carbonyl (C=O) groups is 1. The predicted octanol–water partition coefficient (Wildman–Crippen LogP) is 6.00. The number of methoxy groups -OCH3 is 4. The summed E-state index contributed by atoms with van der Waals surface area (Å²) < 4.78 is 28.0. The Kier molecular flexibility index (Phi) is 8.01. The van der Waals surface area contributed by atoms with Gasteiger partial charge in [-0.05, 0) is 60.1 Å². The third-order valence-electron chi connectivity index (χ3n) is 5.73. The predicted molar refractivity (Wildman–Crippen MR) is 130 cm³/mol. The topological polar surface area (TPSA) is 63.2 Å². The second-order valence-electron chi connectivity index (χ2n) is 8.88. The van der Waals surface area contributed by atoms with E-state index in [1.807, 2.05) is 0 Å². The number of ketones is 1. The van der Waals surface area contributed by atoms with E-state index in [1.165, 1.54) is 6.08 Å². The zero-order valence-electron chi connectivity index (χ0n) is 20.5. The lowest BCUT2D eigenvalue weighted by Crippen LogP contribution is -2.44. The van der Waals surface area contributed by atoms with E-state index in [0.29, 0.717) is 34.3 Å². The fraction of sp³-hybridized carbons (Fsp3) is 0.400. The maximum atomic E-state index is 12.9. The average molecular weight is 459 g/mol. The van der Waals surface area contributed by atoms with Gasteiger partial charge in [-0.3, -0.25) is 4.79 Å². The van der Waals surface area contributed by atoms with Crippen LogP contribution in [0.5, 0.6) is 28.7 Å². The van der Waals surface area contributed by atoms with Crippen molar-refractivity contribution >= 4 is 20.2 Å². The Hall–Kier alpha value is -2.93. The van der Waals surface area contributed by atoms with Crippen LogP contribution in [0.15, 0.2) is 36.4 Å². The summed E-state index contributed by atoms with van der Waals surface area (Å²) in [6.45, 7) is 10.8. The van der Waals surface area contributed by atoms with E-state index in [4.69, 9.17) is 23.4 Å². The summed E-state index contributed by atoms with van der Waals surface area (Å²) in [6, 6.07) is 8.82. The quantitative estimate of drug-likeness (QED) is 0.261. The van der Waals surface area contributed by atoms with Gasteiger partial charge in [0.15, 0.2) is 23.0 Å². The number of hydrogen-bond acceptors (Lipinski definition) is 6. The molecule has 0 fully saturated rings. The van der Waals surface area contributed by atoms with Crippen molar-refractivity contribution in [2.24, 2.45) is 0 Å². The molecule has 0 radical (unpaired) electrons. The van der Waals surface area contributed by atoms with Gasteiger partial charge >= 0.3 is 0 Å². The highest BCUT2D eigenvalue weighted by Gasteiger charge is 2.39. The number of hydrogen-bond donors (Lipinski definition) is 0. The summed E-state index contributed by atoms with van der Waals surface area (Å²) in [6.07, 6.45) is 3.23. The van der Waals surface area contributed by atoms with Crippen LogP contribution in [0.3, 0.4) is 0 Å². The third kappa shape index (κ3) is 5.65. The molecule has 2 rings (SSSR count). The van der Waals surface area contributed by atoms with Crippen molar-refractivity contribution in [1.82, 2.24) is 0 Å². The molecule has 2 aromatic carbocycles. The highest BCUT2D eigenvalue weighted by Crippen LogP contribution is 2.41. The van der Waals surface area contributed by atoms with Crippen molar-refractivity contribution in [2.75, 3.05) is 28.4 Å². The van der Waals surface area contributed by atoms with Crippen LogP contribution in [0.2, 0.25) is 18.1 Å². The summed E-state index contributed by atoms with van der Waals surface area (Å²) in [5, 5.41) is 0.0183. The largest absolute Gasteiger partial charge is 0.541 e. The Labute approximate surface area is 192 Å². The van der Waals surface area contributed by atoms with Gasteiger partial charge in [-0.25, -0.2) is 0 Å². The van der Waals surface area contributed by atoms with E-state index in [1.54, 1.807) is 64.8 Å². The molecule has 0 aliphatic rings. The molecule has 0 unspecified atom stereocenters. The SMILES string of the molecule is COc1ccc(C(=O)/C=C/c2cc(OC)c(OC)c(OC)c2)cc1O[Si](C)(C)C(C)(C)C. The average Bonchev–Trinajstić information content (AvgIpc) is 2.75. The van der Waals surface area contributed by atoms with Gasteiger partial charge in [0, 0.05) is 5.56 Å². The highest BCUT2D eigenvalue weighted by molar-refractivity contribution is 6.74. The van der Waals surface area contributed by atoms with Crippen LogP contribution in [-0.2, 0) is 0 Å². The summed E-state index contributed by atoms with van der Waals surface area (Å²) in [4.78, 5) is 12.9. The second-order valence-corrected chi connectivity index (χ2v) is 13.6. The summed E-state index contributed by atoms with van der Waals surface area (Å²) in [5.74, 6) is 2.59. The number of carbonyl (C=O) groups excluding carboxylic acids is 1. The lowest BCUT2D eigenvalue weighted by Gasteiger charge is -2.36. The first-order chi connectivity index (χ1) is 15.0. The van der Waals surface area contributed by atoms with Crippen molar-refractivity contribution < 1.29 is 28.2 Å². The molecule has 0 heterocycles. The van der Waals surface area contributed by atoms with Crippen LogP contribution in [0.1, 0.15) is 36.7 Å². The van der Waals surface area contributed by atoms with Crippen molar-refractivity contribution in [1.29, 1.82) is 0 Å². The fourth-order valence-electron chi connectivity index (χ4n) is 2.80. The van der Waals surface area contributed by atoms with Gasteiger partial charge in [-0.1, -0.05) is 26.8 Å². The lowest BCUT2D eigenvalue weighted by atomic mass is 10.1. The Morgan fingerprint density at radius 1 is 0.812 bits per heavy atom. The van der Waals surface area contributed by atoms with Crippen LogP contribution in [0, 0.1) is 0 Å². The Bertz CT molecular complexity index is 963. The number of benzene rings is 2. The molecule has 0 aromatic heterocycles. The smallest absolute Gasteiger partial charge is 0.250 e. The zero-order chi connectivity index (χ0) is 24.1.